The van der Waals surface area contributed by atoms with Gasteiger partial charge in [-0.2, -0.15) is 0 Å². The van der Waals surface area contributed by atoms with Gasteiger partial charge in [0.2, 0.25) is 0 Å². The number of nitrogens with one attached hydrogen (secondary N) is 2. The Kier molecular flexibility index (Phi) is 6.54. The second-order valence-electron chi connectivity index (χ2n) is 5.11. The molecule has 2 aromatic rings. The van der Waals surface area contributed by atoms with Gasteiger partial charge in [-0.05, 0) is 49.4 Å². The highest BCUT2D eigenvalue weighted by Gasteiger charge is 2.14. The van der Waals surface area contributed by atoms with Gasteiger partial charge in [-0.3, -0.25) is 9.59 Å². The van der Waals surface area contributed by atoms with Crippen molar-refractivity contribution in [3.8, 4) is 5.75 Å². The molecule has 0 aliphatic rings. The minimum Gasteiger partial charge on any atom is -0.497 e. The topological polar surface area (TPSA) is 67.4 Å². The Hall–Kier alpha value is -3.34. The lowest BCUT2D eigenvalue weighted by Crippen LogP contribution is -2.30. The number of rotatable bonds is 6. The monoisotopic (exact) mass is 336 g/mol. The fourth-order valence-corrected chi connectivity index (χ4v) is 2.02. The molecule has 0 bridgehead atoms. The van der Waals surface area contributed by atoms with Crippen molar-refractivity contribution in [3.05, 3.63) is 84.1 Å². The number of hydrogen-bond acceptors (Lipinski definition) is 3. The Morgan fingerprint density at radius 2 is 1.68 bits per heavy atom. The van der Waals surface area contributed by atoms with Crippen LogP contribution >= 0.6 is 0 Å². The second-order valence-corrected chi connectivity index (χ2v) is 5.11. The van der Waals surface area contributed by atoms with E-state index in [1.165, 1.54) is 0 Å². The molecule has 0 radical (unpaired) electrons. The first-order valence-corrected chi connectivity index (χ1v) is 7.79. The summed E-state index contributed by atoms with van der Waals surface area (Å²) in [5.41, 5.74) is 1.24. The lowest BCUT2D eigenvalue weighted by Gasteiger charge is -2.11. The number of anilines is 1. The molecule has 0 spiro atoms. The number of carbonyl (C=O) groups is 2. The third-order valence-electron chi connectivity index (χ3n) is 3.33. The third kappa shape index (κ3) is 5.35. The normalized spacial score (nSPS) is 11.2. The third-order valence-corrected chi connectivity index (χ3v) is 3.33. The molecule has 0 fully saturated rings. The Morgan fingerprint density at radius 1 is 1.00 bits per heavy atom. The van der Waals surface area contributed by atoms with Crippen LogP contribution < -0.4 is 15.4 Å². The molecule has 0 aliphatic carbocycles. The van der Waals surface area contributed by atoms with Crippen molar-refractivity contribution < 1.29 is 14.3 Å². The Bertz CT molecular complexity index is 778. The van der Waals surface area contributed by atoms with E-state index >= 15 is 0 Å². The van der Waals surface area contributed by atoms with E-state index in [1.807, 2.05) is 13.0 Å². The summed E-state index contributed by atoms with van der Waals surface area (Å²) < 4.78 is 5.09. The molecule has 128 valence electrons. The molecule has 2 aromatic carbocycles. The molecule has 0 atom stereocenters. The lowest BCUT2D eigenvalue weighted by molar-refractivity contribution is -0.113. The Morgan fingerprint density at radius 3 is 2.28 bits per heavy atom. The smallest absolute Gasteiger partial charge is 0.272 e. The summed E-state index contributed by atoms with van der Waals surface area (Å²) in [4.78, 5) is 24.8. The zero-order valence-corrected chi connectivity index (χ0v) is 14.2. The fraction of sp³-hybridized carbons (Fsp3) is 0.100. The summed E-state index contributed by atoms with van der Waals surface area (Å²) in [5, 5.41) is 5.39. The first-order chi connectivity index (χ1) is 12.1. The quantitative estimate of drug-likeness (QED) is 0.626. The molecule has 0 saturated carbocycles. The van der Waals surface area contributed by atoms with Crippen LogP contribution in [0.1, 0.15) is 17.3 Å². The number of hydrogen-bond donors (Lipinski definition) is 2. The number of carbonyl (C=O) groups excluding carboxylic acids is 2. The van der Waals surface area contributed by atoms with Crippen LogP contribution in [0.3, 0.4) is 0 Å². The standard InChI is InChI=1S/C20H20N2O3/c1-3-4-10-18(22-19(23)15-8-6-5-7-9-15)20(24)21-16-11-13-17(25-2)14-12-16/h3-14H,1-2H3,(H,21,24)(H,22,23). The van der Waals surface area contributed by atoms with E-state index in [0.717, 1.165) is 0 Å². The molecule has 0 saturated heterocycles. The van der Waals surface area contributed by atoms with Gasteiger partial charge >= 0.3 is 0 Å². The highest BCUT2D eigenvalue weighted by molar-refractivity contribution is 6.08. The summed E-state index contributed by atoms with van der Waals surface area (Å²) in [6.07, 6.45) is 5.02. The highest BCUT2D eigenvalue weighted by Crippen LogP contribution is 2.15. The summed E-state index contributed by atoms with van der Waals surface area (Å²) in [5.74, 6) is -0.0613. The van der Waals surface area contributed by atoms with Gasteiger partial charge in [0.25, 0.3) is 11.8 Å². The highest BCUT2D eigenvalue weighted by atomic mass is 16.5. The summed E-state index contributed by atoms with van der Waals surface area (Å²) in [7, 11) is 1.57. The predicted molar refractivity (Wildman–Crippen MR) is 98.4 cm³/mol. The molecule has 2 amide bonds. The van der Waals surface area contributed by atoms with Crippen molar-refractivity contribution in [2.24, 2.45) is 0 Å². The fourth-order valence-electron chi connectivity index (χ4n) is 2.02. The van der Waals surface area contributed by atoms with Crippen molar-refractivity contribution >= 4 is 17.5 Å². The van der Waals surface area contributed by atoms with Crippen LogP contribution in [-0.4, -0.2) is 18.9 Å². The van der Waals surface area contributed by atoms with Crippen LogP contribution in [-0.2, 0) is 4.79 Å². The van der Waals surface area contributed by atoms with Gasteiger partial charge in [-0.1, -0.05) is 30.4 Å². The Labute approximate surface area is 147 Å². The summed E-state index contributed by atoms with van der Waals surface area (Å²) in [6.45, 7) is 1.83. The number of methoxy groups -OCH3 is 1. The molecule has 5 nitrogen and oxygen atoms in total. The van der Waals surface area contributed by atoms with Gasteiger partial charge in [0.05, 0.1) is 7.11 Å². The summed E-state index contributed by atoms with van der Waals surface area (Å²) >= 11 is 0. The minimum atomic E-state index is -0.410. The minimum absolute atomic E-state index is 0.155. The van der Waals surface area contributed by atoms with Crippen LogP contribution in [0.15, 0.2) is 78.5 Å². The van der Waals surface area contributed by atoms with Crippen LogP contribution in [0.2, 0.25) is 0 Å². The van der Waals surface area contributed by atoms with E-state index in [2.05, 4.69) is 10.6 Å². The molecule has 2 N–H and O–H groups in total. The zero-order valence-electron chi connectivity index (χ0n) is 14.2. The zero-order chi connectivity index (χ0) is 18.1. The molecule has 0 heterocycles. The van der Waals surface area contributed by atoms with Gasteiger partial charge < -0.3 is 15.4 Å². The maximum Gasteiger partial charge on any atom is 0.272 e. The van der Waals surface area contributed by atoms with E-state index in [0.29, 0.717) is 17.0 Å². The van der Waals surface area contributed by atoms with Crippen molar-refractivity contribution in [1.82, 2.24) is 5.32 Å². The van der Waals surface area contributed by atoms with Crippen molar-refractivity contribution in [2.45, 2.75) is 6.92 Å². The van der Waals surface area contributed by atoms with Gasteiger partial charge in [-0.25, -0.2) is 0 Å². The number of ether oxygens (including phenoxy) is 1. The second kappa shape index (κ2) is 9.08. The van der Waals surface area contributed by atoms with Gasteiger partial charge in [0, 0.05) is 11.3 Å². The van der Waals surface area contributed by atoms with E-state index < -0.39 is 5.91 Å². The molecule has 0 unspecified atom stereocenters. The lowest BCUT2D eigenvalue weighted by atomic mass is 10.2. The molecule has 25 heavy (non-hydrogen) atoms. The summed E-state index contributed by atoms with van der Waals surface area (Å²) in [6, 6.07) is 15.7. The van der Waals surface area contributed by atoms with E-state index in [-0.39, 0.29) is 11.6 Å². The first kappa shape index (κ1) is 18.0. The maximum atomic E-state index is 12.5. The van der Waals surface area contributed by atoms with Crippen molar-refractivity contribution in [1.29, 1.82) is 0 Å². The average molecular weight is 336 g/mol. The molecular formula is C20H20N2O3. The van der Waals surface area contributed by atoms with E-state index in [1.54, 1.807) is 73.9 Å². The Balaban J connectivity index is 2.13. The van der Waals surface area contributed by atoms with Crippen LogP contribution in [0.4, 0.5) is 5.69 Å². The number of benzene rings is 2. The van der Waals surface area contributed by atoms with Crippen LogP contribution in [0.25, 0.3) is 0 Å². The van der Waals surface area contributed by atoms with Crippen LogP contribution in [0, 0.1) is 0 Å². The SMILES string of the molecule is CC=CC=C(NC(=O)c1ccccc1)C(=O)Nc1ccc(OC)cc1. The van der Waals surface area contributed by atoms with E-state index in [9.17, 15) is 9.59 Å². The predicted octanol–water partition coefficient (Wildman–Crippen LogP) is 3.52. The maximum absolute atomic E-state index is 12.5. The average Bonchev–Trinajstić information content (AvgIpc) is 2.66. The largest absolute Gasteiger partial charge is 0.497 e. The molecular weight excluding hydrogens is 316 g/mol. The van der Waals surface area contributed by atoms with Crippen LogP contribution in [0.5, 0.6) is 5.75 Å². The number of amides is 2. The van der Waals surface area contributed by atoms with Crippen molar-refractivity contribution in [2.75, 3.05) is 12.4 Å². The molecule has 5 heteroatoms. The van der Waals surface area contributed by atoms with E-state index in [4.69, 9.17) is 4.74 Å². The van der Waals surface area contributed by atoms with Gasteiger partial charge in [0.1, 0.15) is 11.4 Å². The van der Waals surface area contributed by atoms with Gasteiger partial charge in [0.15, 0.2) is 0 Å². The molecule has 0 aliphatic heterocycles. The van der Waals surface area contributed by atoms with Crippen molar-refractivity contribution in [3.63, 3.8) is 0 Å². The number of allylic oxidation sites excluding steroid dienone is 3. The first-order valence-electron chi connectivity index (χ1n) is 7.79. The van der Waals surface area contributed by atoms with Gasteiger partial charge in [-0.15, -0.1) is 0 Å². The molecule has 0 aromatic heterocycles. The molecule has 2 rings (SSSR count).